The fourth-order valence-electron chi connectivity index (χ4n) is 5.18. The fourth-order valence-corrected chi connectivity index (χ4v) is 6.70. The van der Waals surface area contributed by atoms with Crippen LogP contribution in [-0.4, -0.2) is 56.2 Å². The number of imide groups is 1. The summed E-state index contributed by atoms with van der Waals surface area (Å²) in [7, 11) is -3.61. The Hall–Kier alpha value is -3.33. The lowest BCUT2D eigenvalue weighted by Gasteiger charge is -2.24. The number of hydrogen-bond acceptors (Lipinski definition) is 5. The second-order valence-corrected chi connectivity index (χ2v) is 11.6. The summed E-state index contributed by atoms with van der Waals surface area (Å²) < 4.78 is 28.8. The maximum Gasteiger partial charge on any atom is 0.261 e. The zero-order valence-electron chi connectivity index (χ0n) is 22.2. The van der Waals surface area contributed by atoms with E-state index in [0.29, 0.717) is 61.6 Å². The molecule has 0 aromatic heterocycles. The van der Waals surface area contributed by atoms with E-state index in [9.17, 15) is 18.0 Å². The van der Waals surface area contributed by atoms with Gasteiger partial charge in [-0.3, -0.25) is 19.4 Å². The topological polar surface area (TPSA) is 86.8 Å². The quantitative estimate of drug-likeness (QED) is 0.274. The van der Waals surface area contributed by atoms with E-state index in [1.165, 1.54) is 4.90 Å². The van der Waals surface area contributed by atoms with Crippen molar-refractivity contribution in [2.75, 3.05) is 26.2 Å². The van der Waals surface area contributed by atoms with Crippen LogP contribution in [-0.2, 0) is 16.6 Å². The van der Waals surface area contributed by atoms with E-state index >= 15 is 0 Å². The molecule has 2 amide bonds. The Morgan fingerprint density at radius 1 is 0.789 bits per heavy atom. The van der Waals surface area contributed by atoms with Crippen molar-refractivity contribution in [1.29, 1.82) is 0 Å². The van der Waals surface area contributed by atoms with Crippen molar-refractivity contribution in [3.63, 3.8) is 0 Å². The molecule has 3 aromatic carbocycles. The number of hydrogen-bond donors (Lipinski definition) is 1. The summed E-state index contributed by atoms with van der Waals surface area (Å²) in [6, 6.07) is 20.8. The van der Waals surface area contributed by atoms with Gasteiger partial charge in [-0.2, -0.15) is 0 Å². The number of sulfonamides is 1. The van der Waals surface area contributed by atoms with Gasteiger partial charge in [0.15, 0.2) is 0 Å². The summed E-state index contributed by atoms with van der Waals surface area (Å²) in [4.78, 5) is 29.3. The third kappa shape index (κ3) is 6.38. The van der Waals surface area contributed by atoms with Gasteiger partial charge in [0.25, 0.3) is 11.8 Å². The zero-order chi connectivity index (χ0) is 27.3. The molecule has 0 saturated heterocycles. The fraction of sp³-hybridized carbons (Fsp3) is 0.333. The summed E-state index contributed by atoms with van der Waals surface area (Å²) >= 11 is 0. The maximum absolute atomic E-state index is 13.0. The molecule has 0 spiro atoms. The first-order valence-electron chi connectivity index (χ1n) is 13.0. The number of benzene rings is 3. The van der Waals surface area contributed by atoms with E-state index in [-0.39, 0.29) is 11.8 Å². The highest BCUT2D eigenvalue weighted by molar-refractivity contribution is 7.89. The highest BCUT2D eigenvalue weighted by atomic mass is 32.2. The molecular weight excluding hydrogens is 498 g/mol. The number of rotatable bonds is 12. The number of fused-ring (bicyclic) bond motifs is 1. The highest BCUT2D eigenvalue weighted by Crippen LogP contribution is 2.23. The van der Waals surface area contributed by atoms with Gasteiger partial charge in [-0.1, -0.05) is 60.2 Å². The van der Waals surface area contributed by atoms with Crippen LogP contribution in [0.5, 0.6) is 0 Å². The lowest BCUT2D eigenvalue weighted by molar-refractivity contribution is 0.0646. The lowest BCUT2D eigenvalue weighted by atomic mass is 10.1. The van der Waals surface area contributed by atoms with E-state index < -0.39 is 10.0 Å². The lowest BCUT2D eigenvalue weighted by Crippen LogP contribution is -2.35. The number of nitrogens with one attached hydrogen (secondary N) is 1. The Morgan fingerprint density at radius 2 is 1.34 bits per heavy atom. The van der Waals surface area contributed by atoms with Crippen LogP contribution in [0.1, 0.15) is 55.8 Å². The van der Waals surface area contributed by atoms with Gasteiger partial charge in [-0.15, -0.1) is 0 Å². The number of amides is 2. The molecule has 3 aromatic rings. The van der Waals surface area contributed by atoms with E-state index in [2.05, 4.69) is 21.8 Å². The average molecular weight is 534 g/mol. The van der Waals surface area contributed by atoms with Crippen molar-refractivity contribution in [1.82, 2.24) is 14.5 Å². The molecule has 4 rings (SSSR count). The first-order chi connectivity index (χ1) is 18.2. The first kappa shape index (κ1) is 27.7. The van der Waals surface area contributed by atoms with Crippen molar-refractivity contribution in [2.24, 2.45) is 0 Å². The number of aryl methyl sites for hydroxylation is 3. The summed E-state index contributed by atoms with van der Waals surface area (Å²) in [5.41, 5.74) is 4.61. The normalized spacial score (nSPS) is 13.4. The molecule has 7 nitrogen and oxygen atoms in total. The molecule has 8 heteroatoms. The minimum Gasteiger partial charge on any atom is -0.299 e. The maximum atomic E-state index is 13.0. The molecule has 0 aliphatic carbocycles. The average Bonchev–Trinajstić information content (AvgIpc) is 3.11. The molecule has 1 aliphatic heterocycles. The van der Waals surface area contributed by atoms with E-state index in [4.69, 9.17) is 0 Å². The van der Waals surface area contributed by atoms with Crippen molar-refractivity contribution < 1.29 is 18.0 Å². The van der Waals surface area contributed by atoms with Gasteiger partial charge in [-0.05, 0) is 69.0 Å². The van der Waals surface area contributed by atoms with E-state index in [0.717, 1.165) is 22.3 Å². The molecule has 0 radical (unpaired) electrons. The van der Waals surface area contributed by atoms with Crippen LogP contribution < -0.4 is 4.72 Å². The van der Waals surface area contributed by atoms with E-state index in [1.807, 2.05) is 51.1 Å². The van der Waals surface area contributed by atoms with Gasteiger partial charge in [0.05, 0.1) is 16.0 Å². The Balaban J connectivity index is 1.34. The van der Waals surface area contributed by atoms with Crippen molar-refractivity contribution in [3.8, 4) is 0 Å². The molecule has 1 heterocycles. The Kier molecular flexibility index (Phi) is 8.76. The molecule has 38 heavy (non-hydrogen) atoms. The Bertz CT molecular complexity index is 1360. The van der Waals surface area contributed by atoms with Crippen molar-refractivity contribution in [2.45, 2.75) is 45.1 Å². The third-order valence-electron chi connectivity index (χ3n) is 6.80. The second kappa shape index (κ2) is 12.0. The van der Waals surface area contributed by atoms with Gasteiger partial charge >= 0.3 is 0 Å². The predicted molar refractivity (Wildman–Crippen MR) is 149 cm³/mol. The zero-order valence-corrected chi connectivity index (χ0v) is 23.1. The van der Waals surface area contributed by atoms with Crippen LogP contribution in [0.2, 0.25) is 0 Å². The number of carbonyl (C=O) groups is 2. The molecule has 0 saturated carbocycles. The van der Waals surface area contributed by atoms with Crippen LogP contribution >= 0.6 is 0 Å². The molecule has 200 valence electrons. The molecule has 0 fully saturated rings. The number of nitrogens with zero attached hydrogens (tertiary/aromatic N) is 2. The van der Waals surface area contributed by atoms with Crippen LogP contribution in [0.25, 0.3) is 0 Å². The molecule has 1 N–H and O–H groups in total. The molecular formula is C30H35N3O4S. The molecule has 0 atom stereocenters. The summed E-state index contributed by atoms with van der Waals surface area (Å²) in [6.45, 7) is 8.31. The van der Waals surface area contributed by atoms with Crippen LogP contribution in [0.15, 0.2) is 71.6 Å². The van der Waals surface area contributed by atoms with Crippen LogP contribution in [0.3, 0.4) is 0 Å². The van der Waals surface area contributed by atoms with Gasteiger partial charge < -0.3 is 0 Å². The van der Waals surface area contributed by atoms with Gasteiger partial charge in [0, 0.05) is 26.2 Å². The summed E-state index contributed by atoms with van der Waals surface area (Å²) in [6.07, 6.45) is 1.26. The van der Waals surface area contributed by atoms with Gasteiger partial charge in [-0.25, -0.2) is 13.1 Å². The third-order valence-corrected chi connectivity index (χ3v) is 8.57. The molecule has 1 aliphatic rings. The number of carbonyl (C=O) groups excluding carboxylic acids is 2. The summed E-state index contributed by atoms with van der Waals surface area (Å²) in [5.74, 6) is -0.479. The first-order valence-corrected chi connectivity index (χ1v) is 14.4. The monoisotopic (exact) mass is 533 g/mol. The highest BCUT2D eigenvalue weighted by Gasteiger charge is 2.34. The van der Waals surface area contributed by atoms with Crippen molar-refractivity contribution >= 4 is 21.8 Å². The summed E-state index contributed by atoms with van der Waals surface area (Å²) in [5, 5.41) is 0. The smallest absolute Gasteiger partial charge is 0.261 e. The molecule has 0 bridgehead atoms. The predicted octanol–water partition coefficient (Wildman–Crippen LogP) is 4.47. The SMILES string of the molecule is Cc1cc(C)c(S(=O)(=O)NCCCN(CCCN2C(=O)c3ccccc3C2=O)Cc2ccccc2)c(C)c1. The van der Waals surface area contributed by atoms with Gasteiger partial charge in [0.1, 0.15) is 0 Å². The van der Waals surface area contributed by atoms with E-state index in [1.54, 1.807) is 24.3 Å². The van der Waals surface area contributed by atoms with Crippen LogP contribution in [0.4, 0.5) is 0 Å². The standard InChI is InChI=1S/C30H35N3O4S/c1-22-19-23(2)28(24(3)20-22)38(36,37)31-15-9-16-32(21-25-11-5-4-6-12-25)17-10-18-33-29(34)26-13-7-8-14-27(26)30(33)35/h4-8,11-14,19-20,31H,9-10,15-18,21H2,1-3H3. The Morgan fingerprint density at radius 3 is 1.95 bits per heavy atom. The second-order valence-electron chi connectivity index (χ2n) is 9.90. The molecule has 0 unspecified atom stereocenters. The minimum absolute atomic E-state index is 0.240. The largest absolute Gasteiger partial charge is 0.299 e. The Labute approximate surface area is 225 Å². The minimum atomic E-state index is -3.61. The van der Waals surface area contributed by atoms with Gasteiger partial charge in [0.2, 0.25) is 10.0 Å². The van der Waals surface area contributed by atoms with Crippen molar-refractivity contribution in [3.05, 3.63) is 100 Å². The van der Waals surface area contributed by atoms with Crippen LogP contribution in [0, 0.1) is 20.8 Å².